The molecular formula is C16H25N3O. The molecule has 2 fully saturated rings. The first-order valence-corrected chi connectivity index (χ1v) is 7.60. The molecule has 1 aromatic rings. The van der Waals surface area contributed by atoms with Crippen LogP contribution in [0.3, 0.4) is 0 Å². The summed E-state index contributed by atoms with van der Waals surface area (Å²) in [6.45, 7) is 7.77. The summed E-state index contributed by atoms with van der Waals surface area (Å²) in [6, 6.07) is 4.67. The maximum atomic E-state index is 5.40. The molecule has 110 valence electrons. The predicted octanol–water partition coefficient (Wildman–Crippen LogP) is 2.05. The fraction of sp³-hybridized carbons (Fsp3) is 0.688. The minimum atomic E-state index is 0.271. The van der Waals surface area contributed by atoms with Crippen LogP contribution >= 0.6 is 0 Å². The van der Waals surface area contributed by atoms with Gasteiger partial charge in [0.2, 0.25) is 5.88 Å². The van der Waals surface area contributed by atoms with Crippen LogP contribution in [0.5, 0.6) is 5.88 Å². The molecule has 0 radical (unpaired) electrons. The fourth-order valence-electron chi connectivity index (χ4n) is 3.38. The van der Waals surface area contributed by atoms with Gasteiger partial charge in [-0.1, -0.05) is 6.07 Å². The lowest BCUT2D eigenvalue weighted by Gasteiger charge is -2.48. The number of methoxy groups -OCH3 is 1. The van der Waals surface area contributed by atoms with Crippen molar-refractivity contribution < 1.29 is 4.74 Å². The van der Waals surface area contributed by atoms with Gasteiger partial charge in [-0.25, -0.2) is 4.98 Å². The number of aromatic nitrogens is 1. The Balaban J connectivity index is 1.82. The van der Waals surface area contributed by atoms with Crippen LogP contribution in [-0.4, -0.2) is 41.7 Å². The predicted molar refractivity (Wildman–Crippen MR) is 79.8 cm³/mol. The van der Waals surface area contributed by atoms with Gasteiger partial charge in [0.05, 0.1) is 7.11 Å². The van der Waals surface area contributed by atoms with Crippen molar-refractivity contribution in [1.29, 1.82) is 0 Å². The first-order valence-electron chi connectivity index (χ1n) is 7.60. The number of nitrogens with one attached hydrogen (secondary N) is 1. The van der Waals surface area contributed by atoms with Crippen LogP contribution in [0.2, 0.25) is 0 Å². The van der Waals surface area contributed by atoms with Crippen molar-refractivity contribution in [3.8, 4) is 5.88 Å². The molecule has 4 heteroatoms. The van der Waals surface area contributed by atoms with Gasteiger partial charge < -0.3 is 10.1 Å². The third kappa shape index (κ3) is 2.54. The second kappa shape index (κ2) is 5.34. The molecule has 3 rings (SSSR count). The minimum absolute atomic E-state index is 0.271. The van der Waals surface area contributed by atoms with Gasteiger partial charge in [0.25, 0.3) is 0 Å². The van der Waals surface area contributed by atoms with Crippen LogP contribution in [0.1, 0.15) is 32.3 Å². The van der Waals surface area contributed by atoms with Gasteiger partial charge >= 0.3 is 0 Å². The van der Waals surface area contributed by atoms with Crippen molar-refractivity contribution in [2.24, 2.45) is 5.92 Å². The molecule has 0 amide bonds. The van der Waals surface area contributed by atoms with E-state index in [0.29, 0.717) is 6.04 Å². The zero-order valence-electron chi connectivity index (χ0n) is 12.7. The van der Waals surface area contributed by atoms with E-state index >= 15 is 0 Å². The maximum Gasteiger partial charge on any atom is 0.217 e. The van der Waals surface area contributed by atoms with E-state index in [1.807, 2.05) is 6.07 Å². The SMILES string of the molecule is COc1ncccc1CN1CC(C)NCC1(C)C1CC1. The minimum Gasteiger partial charge on any atom is -0.481 e. The Morgan fingerprint density at radius 3 is 3.00 bits per heavy atom. The van der Waals surface area contributed by atoms with Gasteiger partial charge in [0.1, 0.15) is 0 Å². The van der Waals surface area contributed by atoms with Gasteiger partial charge in [-0.05, 0) is 38.7 Å². The molecule has 1 saturated heterocycles. The molecule has 2 unspecified atom stereocenters. The van der Waals surface area contributed by atoms with E-state index in [1.165, 1.54) is 18.4 Å². The van der Waals surface area contributed by atoms with Gasteiger partial charge in [0.15, 0.2) is 0 Å². The number of pyridine rings is 1. The molecule has 1 N–H and O–H groups in total. The molecule has 1 aliphatic heterocycles. The molecule has 0 aromatic carbocycles. The van der Waals surface area contributed by atoms with Crippen molar-refractivity contribution in [2.75, 3.05) is 20.2 Å². The molecular weight excluding hydrogens is 250 g/mol. The number of piperazine rings is 1. The van der Waals surface area contributed by atoms with Crippen LogP contribution in [0.15, 0.2) is 18.3 Å². The summed E-state index contributed by atoms with van der Waals surface area (Å²) in [5, 5.41) is 3.65. The lowest BCUT2D eigenvalue weighted by Crippen LogP contribution is -2.63. The van der Waals surface area contributed by atoms with E-state index in [9.17, 15) is 0 Å². The number of ether oxygens (including phenoxy) is 1. The van der Waals surface area contributed by atoms with E-state index < -0.39 is 0 Å². The third-order valence-corrected chi connectivity index (χ3v) is 4.89. The Bertz CT molecular complexity index is 475. The lowest BCUT2D eigenvalue weighted by atomic mass is 9.89. The molecule has 2 aliphatic rings. The topological polar surface area (TPSA) is 37.4 Å². The third-order valence-electron chi connectivity index (χ3n) is 4.89. The zero-order chi connectivity index (χ0) is 14.2. The zero-order valence-corrected chi connectivity index (χ0v) is 12.7. The maximum absolute atomic E-state index is 5.40. The molecule has 20 heavy (non-hydrogen) atoms. The lowest BCUT2D eigenvalue weighted by molar-refractivity contribution is 0.0305. The van der Waals surface area contributed by atoms with Gasteiger partial charge in [0, 0.05) is 43.0 Å². The standard InChI is InChI=1S/C16H25N3O/c1-12-9-19(16(2,11-18-12)14-6-7-14)10-13-5-4-8-17-15(13)20-3/h4-5,8,12,14,18H,6-7,9-11H2,1-3H3. The van der Waals surface area contributed by atoms with Crippen LogP contribution in [0.4, 0.5) is 0 Å². The Labute approximate surface area is 121 Å². The van der Waals surface area contributed by atoms with Crippen LogP contribution < -0.4 is 10.1 Å². The Morgan fingerprint density at radius 1 is 1.50 bits per heavy atom. The Hall–Kier alpha value is -1.13. The molecule has 0 spiro atoms. The molecule has 2 atom stereocenters. The summed E-state index contributed by atoms with van der Waals surface area (Å²) in [5.41, 5.74) is 1.46. The number of hydrogen-bond acceptors (Lipinski definition) is 4. The summed E-state index contributed by atoms with van der Waals surface area (Å²) in [5.74, 6) is 1.60. The van der Waals surface area contributed by atoms with Gasteiger partial charge in [-0.2, -0.15) is 0 Å². The van der Waals surface area contributed by atoms with E-state index in [1.54, 1.807) is 13.3 Å². The molecule has 1 aromatic heterocycles. The smallest absolute Gasteiger partial charge is 0.217 e. The monoisotopic (exact) mass is 275 g/mol. The Kier molecular flexibility index (Phi) is 3.69. The number of hydrogen-bond donors (Lipinski definition) is 1. The van der Waals surface area contributed by atoms with Crippen molar-refractivity contribution in [1.82, 2.24) is 15.2 Å². The quantitative estimate of drug-likeness (QED) is 0.912. The fourth-order valence-corrected chi connectivity index (χ4v) is 3.38. The average Bonchev–Trinajstić information content (AvgIpc) is 3.28. The summed E-state index contributed by atoms with van der Waals surface area (Å²) < 4.78 is 5.40. The second-order valence-corrected chi connectivity index (χ2v) is 6.47. The molecule has 1 saturated carbocycles. The van der Waals surface area contributed by atoms with E-state index in [4.69, 9.17) is 4.74 Å². The first-order chi connectivity index (χ1) is 9.63. The highest BCUT2D eigenvalue weighted by atomic mass is 16.5. The normalized spacial score (nSPS) is 31.2. The highest BCUT2D eigenvalue weighted by Gasteiger charge is 2.47. The van der Waals surface area contributed by atoms with E-state index in [2.05, 4.69) is 35.1 Å². The van der Waals surface area contributed by atoms with E-state index in [-0.39, 0.29) is 5.54 Å². The molecule has 0 bridgehead atoms. The second-order valence-electron chi connectivity index (χ2n) is 6.47. The van der Waals surface area contributed by atoms with Crippen LogP contribution in [-0.2, 0) is 6.54 Å². The summed E-state index contributed by atoms with van der Waals surface area (Å²) in [7, 11) is 1.70. The van der Waals surface area contributed by atoms with Gasteiger partial charge in [-0.3, -0.25) is 4.90 Å². The van der Waals surface area contributed by atoms with Gasteiger partial charge in [-0.15, -0.1) is 0 Å². The van der Waals surface area contributed by atoms with Crippen molar-refractivity contribution >= 4 is 0 Å². The Morgan fingerprint density at radius 2 is 2.30 bits per heavy atom. The molecule has 2 heterocycles. The summed E-state index contributed by atoms with van der Waals surface area (Å²) in [4.78, 5) is 6.96. The highest BCUT2D eigenvalue weighted by Crippen LogP contribution is 2.44. The van der Waals surface area contributed by atoms with Crippen molar-refractivity contribution in [2.45, 2.75) is 44.8 Å². The number of nitrogens with zero attached hydrogens (tertiary/aromatic N) is 2. The highest BCUT2D eigenvalue weighted by molar-refractivity contribution is 5.26. The van der Waals surface area contributed by atoms with Crippen LogP contribution in [0, 0.1) is 5.92 Å². The summed E-state index contributed by atoms with van der Waals surface area (Å²) in [6.07, 6.45) is 4.53. The van der Waals surface area contributed by atoms with Crippen molar-refractivity contribution in [3.63, 3.8) is 0 Å². The summed E-state index contributed by atoms with van der Waals surface area (Å²) >= 11 is 0. The molecule has 1 aliphatic carbocycles. The average molecular weight is 275 g/mol. The first kappa shape index (κ1) is 13.8. The van der Waals surface area contributed by atoms with E-state index in [0.717, 1.165) is 31.4 Å². The molecule has 4 nitrogen and oxygen atoms in total. The number of rotatable bonds is 4. The van der Waals surface area contributed by atoms with Crippen LogP contribution in [0.25, 0.3) is 0 Å². The largest absolute Gasteiger partial charge is 0.481 e. The van der Waals surface area contributed by atoms with Crippen molar-refractivity contribution in [3.05, 3.63) is 23.9 Å².